The Morgan fingerprint density at radius 2 is 2.28 bits per heavy atom. The summed E-state index contributed by atoms with van der Waals surface area (Å²) in [4.78, 5) is 4.16. The Balaban J connectivity index is 1.84. The van der Waals surface area contributed by atoms with Crippen molar-refractivity contribution in [2.45, 2.75) is 10.4 Å². The second kappa shape index (κ2) is 4.58. The van der Waals surface area contributed by atoms with Gasteiger partial charge in [-0.1, -0.05) is 0 Å². The van der Waals surface area contributed by atoms with E-state index in [9.17, 15) is 0 Å². The SMILES string of the molecule is Cn1nc(Br)nc1Sc1nnc(-c2ccco2)o1. The van der Waals surface area contributed by atoms with Crippen LogP contribution in [-0.2, 0) is 7.05 Å². The van der Waals surface area contributed by atoms with Crippen LogP contribution in [0.1, 0.15) is 0 Å². The molecule has 92 valence electrons. The number of aryl methyl sites for hydroxylation is 1. The lowest BCUT2D eigenvalue weighted by atomic mass is 10.5. The minimum absolute atomic E-state index is 0.337. The number of aromatic nitrogens is 5. The second-order valence-electron chi connectivity index (χ2n) is 3.24. The Morgan fingerprint density at radius 3 is 2.94 bits per heavy atom. The van der Waals surface area contributed by atoms with E-state index in [1.165, 1.54) is 11.8 Å². The highest BCUT2D eigenvalue weighted by molar-refractivity contribution is 9.10. The molecule has 0 bridgehead atoms. The third kappa shape index (κ3) is 2.18. The zero-order valence-corrected chi connectivity index (χ0v) is 11.5. The summed E-state index contributed by atoms with van der Waals surface area (Å²) in [7, 11) is 1.78. The van der Waals surface area contributed by atoms with Crippen LogP contribution in [0.25, 0.3) is 11.7 Å². The van der Waals surface area contributed by atoms with Gasteiger partial charge in [-0.25, -0.2) is 4.68 Å². The second-order valence-corrected chi connectivity index (χ2v) is 4.87. The maximum atomic E-state index is 5.45. The third-order valence-electron chi connectivity index (χ3n) is 2.01. The van der Waals surface area contributed by atoms with E-state index in [0.717, 1.165) is 0 Å². The standard InChI is InChI=1S/C9H6BrN5O2S/c1-15-8(11-7(10)14-15)18-9-13-12-6(17-9)5-3-2-4-16-5/h2-4H,1H3. The Labute approximate surface area is 114 Å². The molecule has 3 aromatic heterocycles. The lowest BCUT2D eigenvalue weighted by Crippen LogP contribution is -1.92. The normalized spacial score (nSPS) is 11.0. The number of rotatable bonds is 3. The molecular formula is C9H6BrN5O2S. The fraction of sp³-hybridized carbons (Fsp3) is 0.111. The van der Waals surface area contributed by atoms with Crippen molar-refractivity contribution in [2.75, 3.05) is 0 Å². The smallest absolute Gasteiger partial charge is 0.284 e. The summed E-state index contributed by atoms with van der Waals surface area (Å²) in [5.74, 6) is 0.872. The maximum Gasteiger partial charge on any atom is 0.284 e. The quantitative estimate of drug-likeness (QED) is 0.730. The van der Waals surface area contributed by atoms with E-state index in [1.54, 1.807) is 30.1 Å². The molecular weight excluding hydrogens is 322 g/mol. The lowest BCUT2D eigenvalue weighted by Gasteiger charge is -1.93. The van der Waals surface area contributed by atoms with Gasteiger partial charge in [0.15, 0.2) is 10.9 Å². The monoisotopic (exact) mass is 327 g/mol. The van der Waals surface area contributed by atoms with Gasteiger partial charge < -0.3 is 8.83 Å². The Bertz CT molecular complexity index is 662. The molecule has 0 amide bonds. The number of nitrogens with zero attached hydrogens (tertiary/aromatic N) is 5. The van der Waals surface area contributed by atoms with Gasteiger partial charge in [-0.3, -0.25) is 0 Å². The molecule has 0 radical (unpaired) electrons. The first-order valence-corrected chi connectivity index (χ1v) is 6.45. The molecule has 0 aromatic carbocycles. The highest BCUT2D eigenvalue weighted by atomic mass is 79.9. The van der Waals surface area contributed by atoms with Crippen molar-refractivity contribution >= 4 is 27.7 Å². The van der Waals surface area contributed by atoms with Crippen LogP contribution >= 0.6 is 27.7 Å². The van der Waals surface area contributed by atoms with E-state index in [0.29, 0.717) is 26.8 Å². The average Bonchev–Trinajstić information content (AvgIpc) is 3.02. The number of furan rings is 1. The predicted molar refractivity (Wildman–Crippen MR) is 64.8 cm³/mol. The molecule has 0 fully saturated rings. The molecule has 0 aliphatic carbocycles. The molecule has 3 heterocycles. The molecule has 0 N–H and O–H groups in total. The zero-order valence-electron chi connectivity index (χ0n) is 9.07. The summed E-state index contributed by atoms with van der Waals surface area (Å²) < 4.78 is 12.7. The van der Waals surface area contributed by atoms with Gasteiger partial charge in [0.05, 0.1) is 6.26 Å². The highest BCUT2D eigenvalue weighted by Crippen LogP contribution is 2.28. The van der Waals surface area contributed by atoms with Gasteiger partial charge in [0, 0.05) is 18.8 Å². The van der Waals surface area contributed by atoms with Crippen molar-refractivity contribution in [1.29, 1.82) is 0 Å². The molecule has 9 heteroatoms. The Morgan fingerprint density at radius 1 is 1.39 bits per heavy atom. The van der Waals surface area contributed by atoms with Crippen molar-refractivity contribution in [1.82, 2.24) is 25.0 Å². The fourth-order valence-electron chi connectivity index (χ4n) is 1.26. The summed E-state index contributed by atoms with van der Waals surface area (Å²) >= 11 is 4.43. The van der Waals surface area contributed by atoms with Gasteiger partial charge in [0.2, 0.25) is 4.73 Å². The first kappa shape index (κ1) is 11.5. The molecule has 3 rings (SSSR count). The minimum atomic E-state index is 0.337. The van der Waals surface area contributed by atoms with E-state index >= 15 is 0 Å². The van der Waals surface area contributed by atoms with Crippen molar-refractivity contribution in [3.05, 3.63) is 23.1 Å². The highest BCUT2D eigenvalue weighted by Gasteiger charge is 2.15. The Kier molecular flexibility index (Phi) is 2.92. The van der Waals surface area contributed by atoms with Crippen LogP contribution in [0.2, 0.25) is 0 Å². The summed E-state index contributed by atoms with van der Waals surface area (Å²) in [6.45, 7) is 0. The number of hydrogen-bond donors (Lipinski definition) is 0. The van der Waals surface area contributed by atoms with Crippen LogP contribution in [0.5, 0.6) is 0 Å². The van der Waals surface area contributed by atoms with Crippen LogP contribution in [0.15, 0.2) is 42.3 Å². The van der Waals surface area contributed by atoms with E-state index < -0.39 is 0 Å². The van der Waals surface area contributed by atoms with Crippen molar-refractivity contribution in [3.8, 4) is 11.7 Å². The van der Waals surface area contributed by atoms with Gasteiger partial charge in [-0.15, -0.1) is 15.3 Å². The largest absolute Gasteiger partial charge is 0.459 e. The van der Waals surface area contributed by atoms with Gasteiger partial charge in [-0.2, -0.15) is 4.98 Å². The van der Waals surface area contributed by atoms with Crippen LogP contribution in [0.4, 0.5) is 0 Å². The summed E-state index contributed by atoms with van der Waals surface area (Å²) in [5.41, 5.74) is 0. The zero-order chi connectivity index (χ0) is 12.5. The van der Waals surface area contributed by atoms with E-state index in [1.807, 2.05) is 0 Å². The van der Waals surface area contributed by atoms with Gasteiger partial charge in [0.25, 0.3) is 11.1 Å². The molecule has 0 unspecified atom stereocenters. The van der Waals surface area contributed by atoms with Crippen LogP contribution in [0.3, 0.4) is 0 Å². The van der Waals surface area contributed by atoms with Gasteiger partial charge in [0.1, 0.15) is 0 Å². The Hall–Kier alpha value is -1.61. The molecule has 7 nitrogen and oxygen atoms in total. The molecule has 0 spiro atoms. The third-order valence-corrected chi connectivity index (χ3v) is 3.23. The van der Waals surface area contributed by atoms with Crippen LogP contribution in [0, 0.1) is 0 Å². The maximum absolute atomic E-state index is 5.45. The first-order valence-electron chi connectivity index (χ1n) is 4.84. The molecule has 18 heavy (non-hydrogen) atoms. The molecule has 0 aliphatic rings. The van der Waals surface area contributed by atoms with Crippen molar-refractivity contribution in [2.24, 2.45) is 7.05 Å². The van der Waals surface area contributed by atoms with E-state index in [4.69, 9.17) is 8.83 Å². The van der Waals surface area contributed by atoms with E-state index in [-0.39, 0.29) is 0 Å². The summed E-state index contributed by atoms with van der Waals surface area (Å²) in [5, 5.41) is 12.9. The topological polar surface area (TPSA) is 82.8 Å². The number of hydrogen-bond acceptors (Lipinski definition) is 7. The number of halogens is 1. The molecule has 0 atom stereocenters. The lowest BCUT2D eigenvalue weighted by molar-refractivity contribution is 0.446. The van der Waals surface area contributed by atoms with Crippen molar-refractivity contribution < 1.29 is 8.83 Å². The van der Waals surface area contributed by atoms with Crippen molar-refractivity contribution in [3.63, 3.8) is 0 Å². The first-order chi connectivity index (χ1) is 8.72. The van der Waals surface area contributed by atoms with Crippen LogP contribution < -0.4 is 0 Å². The summed E-state index contributed by atoms with van der Waals surface area (Å²) in [6.07, 6.45) is 1.55. The molecule has 0 saturated carbocycles. The average molecular weight is 328 g/mol. The minimum Gasteiger partial charge on any atom is -0.459 e. The molecule has 0 saturated heterocycles. The fourth-order valence-corrected chi connectivity index (χ4v) is 2.44. The van der Waals surface area contributed by atoms with E-state index in [2.05, 4.69) is 36.2 Å². The summed E-state index contributed by atoms with van der Waals surface area (Å²) in [6, 6.07) is 3.51. The predicted octanol–water partition coefficient (Wildman–Crippen LogP) is 2.37. The van der Waals surface area contributed by atoms with Gasteiger partial charge in [-0.05, 0) is 28.1 Å². The van der Waals surface area contributed by atoms with Gasteiger partial charge >= 0.3 is 0 Å². The molecule has 0 aliphatic heterocycles. The van der Waals surface area contributed by atoms with Crippen LogP contribution in [-0.4, -0.2) is 25.0 Å². The molecule has 3 aromatic rings.